The van der Waals surface area contributed by atoms with E-state index in [1.165, 1.54) is 0 Å². The van der Waals surface area contributed by atoms with Crippen molar-refractivity contribution in [2.75, 3.05) is 13.7 Å². The van der Waals surface area contributed by atoms with Crippen molar-refractivity contribution in [2.45, 2.75) is 11.3 Å². The third kappa shape index (κ3) is 4.28. The standard InChI is InChI=1S/C23H21BrN2O3S/c1-29-18-10-6-16(7-11-18)23-21(20-4-2-3-5-22(20)26-23)14-15-25-30(27,28)19-12-8-17(24)9-13-19/h2-13,25-26H,14-15H2,1H3. The summed E-state index contributed by atoms with van der Waals surface area (Å²) >= 11 is 3.33. The Morgan fingerprint density at radius 3 is 2.37 bits per heavy atom. The zero-order chi connectivity index (χ0) is 21.1. The predicted octanol–water partition coefficient (Wildman–Crippen LogP) is 5.13. The maximum absolute atomic E-state index is 12.6. The van der Waals surface area contributed by atoms with Gasteiger partial charge >= 0.3 is 0 Å². The summed E-state index contributed by atoms with van der Waals surface area (Å²) < 4.78 is 34.0. The molecule has 0 saturated carbocycles. The molecule has 2 N–H and O–H groups in total. The maximum Gasteiger partial charge on any atom is 0.240 e. The Labute approximate surface area is 184 Å². The average molecular weight is 485 g/mol. The molecule has 1 heterocycles. The summed E-state index contributed by atoms with van der Waals surface area (Å²) in [7, 11) is -1.93. The van der Waals surface area contributed by atoms with Gasteiger partial charge in [0.2, 0.25) is 10.0 Å². The molecule has 4 rings (SSSR count). The van der Waals surface area contributed by atoms with Crippen LogP contribution in [0.2, 0.25) is 0 Å². The predicted molar refractivity (Wildman–Crippen MR) is 123 cm³/mol. The first-order chi connectivity index (χ1) is 14.5. The molecule has 0 aliphatic carbocycles. The van der Waals surface area contributed by atoms with Gasteiger partial charge in [0.05, 0.1) is 12.0 Å². The van der Waals surface area contributed by atoms with Gasteiger partial charge in [0.15, 0.2) is 0 Å². The van der Waals surface area contributed by atoms with Crippen LogP contribution >= 0.6 is 15.9 Å². The van der Waals surface area contributed by atoms with Crippen molar-refractivity contribution in [1.82, 2.24) is 9.71 Å². The minimum absolute atomic E-state index is 0.250. The number of aromatic nitrogens is 1. The van der Waals surface area contributed by atoms with E-state index in [0.29, 0.717) is 13.0 Å². The number of nitrogens with one attached hydrogen (secondary N) is 2. The van der Waals surface area contributed by atoms with Crippen LogP contribution in [0, 0.1) is 0 Å². The van der Waals surface area contributed by atoms with Crippen molar-refractivity contribution in [1.29, 1.82) is 0 Å². The van der Waals surface area contributed by atoms with Crippen molar-refractivity contribution in [3.63, 3.8) is 0 Å². The van der Waals surface area contributed by atoms with Crippen LogP contribution in [0.3, 0.4) is 0 Å². The summed E-state index contributed by atoms with van der Waals surface area (Å²) in [6, 6.07) is 22.5. The molecule has 0 saturated heterocycles. The number of benzene rings is 3. The lowest BCUT2D eigenvalue weighted by Gasteiger charge is -2.09. The Morgan fingerprint density at radius 2 is 1.67 bits per heavy atom. The molecular weight excluding hydrogens is 464 g/mol. The summed E-state index contributed by atoms with van der Waals surface area (Å²) in [5.74, 6) is 0.790. The molecule has 0 atom stereocenters. The Morgan fingerprint density at radius 1 is 0.967 bits per heavy atom. The van der Waals surface area contributed by atoms with E-state index in [1.807, 2.05) is 42.5 Å². The van der Waals surface area contributed by atoms with Crippen LogP contribution in [0.5, 0.6) is 5.75 Å². The normalized spacial score (nSPS) is 11.7. The number of fused-ring (bicyclic) bond motifs is 1. The van der Waals surface area contributed by atoms with E-state index in [1.54, 1.807) is 31.4 Å². The molecule has 0 amide bonds. The van der Waals surface area contributed by atoms with E-state index in [2.05, 4.69) is 31.7 Å². The number of H-pyrrole nitrogens is 1. The minimum Gasteiger partial charge on any atom is -0.497 e. The van der Waals surface area contributed by atoms with E-state index < -0.39 is 10.0 Å². The van der Waals surface area contributed by atoms with Gasteiger partial charge < -0.3 is 9.72 Å². The molecule has 7 heteroatoms. The third-order valence-corrected chi connectivity index (χ3v) is 6.99. The van der Waals surface area contributed by atoms with Gasteiger partial charge in [0.25, 0.3) is 0 Å². The fourth-order valence-corrected chi connectivity index (χ4v) is 4.77. The SMILES string of the molecule is COc1ccc(-c2[nH]c3ccccc3c2CCNS(=O)(=O)c2ccc(Br)cc2)cc1. The lowest BCUT2D eigenvalue weighted by atomic mass is 10.0. The van der Waals surface area contributed by atoms with Crippen LogP contribution in [-0.2, 0) is 16.4 Å². The first-order valence-corrected chi connectivity index (χ1v) is 11.7. The molecular formula is C23H21BrN2O3S. The highest BCUT2D eigenvalue weighted by molar-refractivity contribution is 9.10. The molecule has 0 bridgehead atoms. The van der Waals surface area contributed by atoms with Gasteiger partial charge in [0.1, 0.15) is 5.75 Å². The van der Waals surface area contributed by atoms with Crippen molar-refractivity contribution in [3.05, 3.63) is 82.8 Å². The number of para-hydroxylation sites is 1. The van der Waals surface area contributed by atoms with E-state index in [-0.39, 0.29) is 4.90 Å². The minimum atomic E-state index is -3.57. The van der Waals surface area contributed by atoms with Gasteiger partial charge in [-0.3, -0.25) is 0 Å². The highest BCUT2D eigenvalue weighted by Gasteiger charge is 2.16. The molecule has 0 aliphatic rings. The number of halogens is 1. The van der Waals surface area contributed by atoms with Gasteiger partial charge in [-0.2, -0.15) is 0 Å². The van der Waals surface area contributed by atoms with Crippen molar-refractivity contribution >= 4 is 36.9 Å². The van der Waals surface area contributed by atoms with E-state index in [4.69, 9.17) is 4.74 Å². The second-order valence-electron chi connectivity index (χ2n) is 6.85. The largest absolute Gasteiger partial charge is 0.497 e. The molecule has 0 spiro atoms. The topological polar surface area (TPSA) is 71.2 Å². The summed E-state index contributed by atoms with van der Waals surface area (Å²) in [6.45, 7) is 0.295. The van der Waals surface area contributed by atoms with Crippen LogP contribution in [0.4, 0.5) is 0 Å². The van der Waals surface area contributed by atoms with E-state index in [9.17, 15) is 8.42 Å². The fourth-order valence-electron chi connectivity index (χ4n) is 3.47. The van der Waals surface area contributed by atoms with E-state index >= 15 is 0 Å². The first-order valence-electron chi connectivity index (χ1n) is 9.47. The molecule has 0 radical (unpaired) electrons. The van der Waals surface area contributed by atoms with Crippen LogP contribution in [-0.4, -0.2) is 27.1 Å². The zero-order valence-corrected chi connectivity index (χ0v) is 18.8. The Kier molecular flexibility index (Phi) is 5.94. The second kappa shape index (κ2) is 8.63. The lowest BCUT2D eigenvalue weighted by molar-refractivity contribution is 0.415. The monoisotopic (exact) mass is 484 g/mol. The molecule has 154 valence electrons. The van der Waals surface area contributed by atoms with Gasteiger partial charge in [0, 0.05) is 27.6 Å². The van der Waals surface area contributed by atoms with Crippen LogP contribution in [0.1, 0.15) is 5.56 Å². The highest BCUT2D eigenvalue weighted by Crippen LogP contribution is 2.31. The van der Waals surface area contributed by atoms with Crippen LogP contribution in [0.25, 0.3) is 22.2 Å². The van der Waals surface area contributed by atoms with Gasteiger partial charge in [-0.05, 0) is 72.1 Å². The number of methoxy groups -OCH3 is 1. The van der Waals surface area contributed by atoms with Crippen LogP contribution < -0.4 is 9.46 Å². The summed E-state index contributed by atoms with van der Waals surface area (Å²) in [4.78, 5) is 3.73. The molecule has 0 aliphatic heterocycles. The summed E-state index contributed by atoms with van der Waals surface area (Å²) in [5.41, 5.74) is 4.11. The number of aromatic amines is 1. The third-order valence-electron chi connectivity index (χ3n) is 4.98. The summed E-state index contributed by atoms with van der Waals surface area (Å²) in [6.07, 6.45) is 0.557. The molecule has 3 aromatic carbocycles. The quantitative estimate of drug-likeness (QED) is 0.382. The number of hydrogen-bond donors (Lipinski definition) is 2. The smallest absolute Gasteiger partial charge is 0.240 e. The average Bonchev–Trinajstić information content (AvgIpc) is 3.13. The van der Waals surface area contributed by atoms with Crippen LogP contribution in [0.15, 0.2) is 82.2 Å². The Hall–Kier alpha value is -2.61. The molecule has 0 fully saturated rings. The Bertz CT molecular complexity index is 1260. The van der Waals surface area contributed by atoms with Gasteiger partial charge in [-0.25, -0.2) is 13.1 Å². The zero-order valence-electron chi connectivity index (χ0n) is 16.4. The van der Waals surface area contributed by atoms with Crippen molar-refractivity contribution in [3.8, 4) is 17.0 Å². The molecule has 30 heavy (non-hydrogen) atoms. The Balaban J connectivity index is 1.61. The van der Waals surface area contributed by atoms with E-state index in [0.717, 1.165) is 37.9 Å². The maximum atomic E-state index is 12.6. The molecule has 4 aromatic rings. The van der Waals surface area contributed by atoms with Gasteiger partial charge in [-0.1, -0.05) is 34.1 Å². The fraction of sp³-hybridized carbons (Fsp3) is 0.130. The number of ether oxygens (including phenoxy) is 1. The highest BCUT2D eigenvalue weighted by atomic mass is 79.9. The second-order valence-corrected chi connectivity index (χ2v) is 9.54. The number of rotatable bonds is 7. The first kappa shape index (κ1) is 20.7. The number of hydrogen-bond acceptors (Lipinski definition) is 3. The molecule has 0 unspecified atom stereocenters. The van der Waals surface area contributed by atoms with Crippen molar-refractivity contribution in [2.24, 2.45) is 0 Å². The number of sulfonamides is 1. The van der Waals surface area contributed by atoms with Crippen molar-refractivity contribution < 1.29 is 13.2 Å². The lowest BCUT2D eigenvalue weighted by Crippen LogP contribution is -2.26. The molecule has 5 nitrogen and oxygen atoms in total. The van der Waals surface area contributed by atoms with Gasteiger partial charge in [-0.15, -0.1) is 0 Å². The molecule has 1 aromatic heterocycles. The summed E-state index contributed by atoms with van der Waals surface area (Å²) in [5, 5.41) is 1.09.